The molecule has 0 amide bonds. The van der Waals surface area contributed by atoms with Crippen LogP contribution in [0.5, 0.6) is 11.5 Å². The zero-order valence-electron chi connectivity index (χ0n) is 9.67. The van der Waals surface area contributed by atoms with Crippen LogP contribution in [0.15, 0.2) is 15.0 Å². The molecular weight excluding hydrogens is 352 g/mol. The summed E-state index contributed by atoms with van der Waals surface area (Å²) in [7, 11) is 1.60. The molecule has 1 heterocycles. The van der Waals surface area contributed by atoms with Gasteiger partial charge in [0.15, 0.2) is 0 Å². The smallest absolute Gasteiger partial charge is 0.141 e. The minimum absolute atomic E-state index is 0.172. The fraction of sp³-hybridized carbons (Fsp3) is 0.500. The molecule has 17 heavy (non-hydrogen) atoms. The van der Waals surface area contributed by atoms with Crippen LogP contribution in [0.1, 0.15) is 31.4 Å². The lowest BCUT2D eigenvalue weighted by Gasteiger charge is -2.13. The Hall–Kier alpha value is -0.260. The highest BCUT2D eigenvalue weighted by Crippen LogP contribution is 2.50. The molecule has 0 fully saturated rings. The first-order valence-corrected chi connectivity index (χ1v) is 7.09. The molecule has 2 rings (SSSR count). The summed E-state index contributed by atoms with van der Waals surface area (Å²) < 4.78 is 12.6. The van der Waals surface area contributed by atoms with E-state index in [0.29, 0.717) is 11.5 Å². The van der Waals surface area contributed by atoms with Crippen molar-refractivity contribution < 1.29 is 14.6 Å². The van der Waals surface area contributed by atoms with Gasteiger partial charge in [-0.05, 0) is 44.3 Å². The maximum absolute atomic E-state index is 10.3. The molecule has 2 atom stereocenters. The van der Waals surface area contributed by atoms with E-state index in [4.69, 9.17) is 9.47 Å². The van der Waals surface area contributed by atoms with Crippen LogP contribution in [-0.4, -0.2) is 18.3 Å². The second-order valence-electron chi connectivity index (χ2n) is 4.01. The van der Waals surface area contributed by atoms with Crippen molar-refractivity contribution in [2.45, 2.75) is 32.0 Å². The molecule has 3 nitrogen and oxygen atoms in total. The van der Waals surface area contributed by atoms with Gasteiger partial charge in [-0.3, -0.25) is 0 Å². The Balaban J connectivity index is 2.47. The van der Waals surface area contributed by atoms with E-state index in [0.717, 1.165) is 27.4 Å². The number of rotatable bonds is 3. The minimum atomic E-state index is -0.606. The van der Waals surface area contributed by atoms with Gasteiger partial charge in [-0.15, -0.1) is 0 Å². The lowest BCUT2D eigenvalue weighted by Crippen LogP contribution is -2.17. The topological polar surface area (TPSA) is 38.7 Å². The monoisotopic (exact) mass is 364 g/mol. The predicted octanol–water partition coefficient (Wildman–Crippen LogP) is 3.81. The summed E-state index contributed by atoms with van der Waals surface area (Å²) in [4.78, 5) is 0. The van der Waals surface area contributed by atoms with Crippen LogP contribution in [0, 0.1) is 0 Å². The summed E-state index contributed by atoms with van der Waals surface area (Å²) in [6.07, 6.45) is 1.03. The number of methoxy groups -OCH3 is 1. The first-order valence-electron chi connectivity index (χ1n) is 5.50. The van der Waals surface area contributed by atoms with E-state index in [1.165, 1.54) is 0 Å². The Morgan fingerprint density at radius 2 is 2.18 bits per heavy atom. The molecule has 0 aliphatic carbocycles. The standard InChI is InChI=1S/C12H14Br2O3/c1-3-4-7-11(15)9-10(14)8(16-2)5-6(13)12(9)17-7/h5,7,11,15H,3-4H2,1-2H3. The van der Waals surface area contributed by atoms with Gasteiger partial charge in [0.25, 0.3) is 0 Å². The fourth-order valence-electron chi connectivity index (χ4n) is 2.04. The molecule has 0 saturated heterocycles. The van der Waals surface area contributed by atoms with Crippen LogP contribution in [0.25, 0.3) is 0 Å². The molecule has 94 valence electrons. The number of hydrogen-bond acceptors (Lipinski definition) is 3. The van der Waals surface area contributed by atoms with Crippen molar-refractivity contribution in [2.75, 3.05) is 7.11 Å². The minimum Gasteiger partial charge on any atom is -0.496 e. The molecule has 1 N–H and O–H groups in total. The lowest BCUT2D eigenvalue weighted by molar-refractivity contribution is 0.0611. The Bertz CT molecular complexity index is 434. The lowest BCUT2D eigenvalue weighted by atomic mass is 10.0. The fourth-order valence-corrected chi connectivity index (χ4v) is 3.25. The molecule has 0 saturated carbocycles. The van der Waals surface area contributed by atoms with Crippen LogP contribution in [-0.2, 0) is 0 Å². The Labute approximate surface area is 117 Å². The Kier molecular flexibility index (Phi) is 4.00. The van der Waals surface area contributed by atoms with E-state index in [1.54, 1.807) is 7.11 Å². The normalized spacial score (nSPS) is 22.2. The van der Waals surface area contributed by atoms with Gasteiger partial charge in [-0.25, -0.2) is 0 Å². The van der Waals surface area contributed by atoms with Gasteiger partial charge < -0.3 is 14.6 Å². The van der Waals surface area contributed by atoms with Crippen LogP contribution in [0.2, 0.25) is 0 Å². The summed E-state index contributed by atoms with van der Waals surface area (Å²) >= 11 is 6.90. The highest BCUT2D eigenvalue weighted by Gasteiger charge is 2.36. The van der Waals surface area contributed by atoms with Gasteiger partial charge in [0.1, 0.15) is 23.7 Å². The molecule has 1 aromatic rings. The van der Waals surface area contributed by atoms with Crippen molar-refractivity contribution in [1.82, 2.24) is 0 Å². The molecule has 1 aromatic carbocycles. The van der Waals surface area contributed by atoms with E-state index in [9.17, 15) is 5.11 Å². The molecule has 0 spiro atoms. The van der Waals surface area contributed by atoms with Gasteiger partial charge in [0.05, 0.1) is 16.1 Å². The van der Waals surface area contributed by atoms with Gasteiger partial charge in [-0.1, -0.05) is 13.3 Å². The second kappa shape index (κ2) is 5.16. The van der Waals surface area contributed by atoms with Crippen molar-refractivity contribution >= 4 is 31.9 Å². The van der Waals surface area contributed by atoms with Crippen LogP contribution >= 0.6 is 31.9 Å². The zero-order chi connectivity index (χ0) is 12.6. The molecule has 1 aliphatic rings. The number of ether oxygens (including phenoxy) is 2. The van der Waals surface area contributed by atoms with Gasteiger partial charge in [0, 0.05) is 5.56 Å². The highest BCUT2D eigenvalue weighted by molar-refractivity contribution is 9.11. The number of fused-ring (bicyclic) bond motifs is 1. The predicted molar refractivity (Wildman–Crippen MR) is 72.7 cm³/mol. The molecule has 0 radical (unpaired) electrons. The average molecular weight is 366 g/mol. The summed E-state index contributed by atoms with van der Waals surface area (Å²) in [5.74, 6) is 1.40. The maximum Gasteiger partial charge on any atom is 0.141 e. The third kappa shape index (κ3) is 2.20. The molecule has 2 unspecified atom stereocenters. The van der Waals surface area contributed by atoms with Crippen LogP contribution in [0.3, 0.4) is 0 Å². The molecular formula is C12H14Br2O3. The molecule has 1 aliphatic heterocycles. The largest absolute Gasteiger partial charge is 0.496 e. The third-order valence-corrected chi connectivity index (χ3v) is 4.29. The van der Waals surface area contributed by atoms with Gasteiger partial charge in [0.2, 0.25) is 0 Å². The number of aliphatic hydroxyl groups excluding tert-OH is 1. The summed E-state index contributed by atoms with van der Waals surface area (Å²) in [5, 5.41) is 10.3. The van der Waals surface area contributed by atoms with Gasteiger partial charge in [-0.2, -0.15) is 0 Å². The van der Waals surface area contributed by atoms with Gasteiger partial charge >= 0.3 is 0 Å². The number of benzene rings is 1. The van der Waals surface area contributed by atoms with E-state index < -0.39 is 6.10 Å². The number of aliphatic hydroxyl groups is 1. The highest BCUT2D eigenvalue weighted by atomic mass is 79.9. The maximum atomic E-state index is 10.3. The average Bonchev–Trinajstić information content (AvgIpc) is 2.63. The number of hydrogen-bond donors (Lipinski definition) is 1. The van der Waals surface area contributed by atoms with Crippen molar-refractivity contribution in [3.63, 3.8) is 0 Å². The van der Waals surface area contributed by atoms with Crippen molar-refractivity contribution in [1.29, 1.82) is 0 Å². The summed E-state index contributed by atoms with van der Waals surface area (Å²) in [5.41, 5.74) is 0.773. The van der Waals surface area contributed by atoms with E-state index in [1.807, 2.05) is 6.07 Å². The van der Waals surface area contributed by atoms with E-state index in [-0.39, 0.29) is 6.10 Å². The van der Waals surface area contributed by atoms with Crippen molar-refractivity contribution in [2.24, 2.45) is 0 Å². The third-order valence-electron chi connectivity index (χ3n) is 2.88. The van der Waals surface area contributed by atoms with E-state index >= 15 is 0 Å². The Morgan fingerprint density at radius 1 is 1.47 bits per heavy atom. The first kappa shape index (κ1) is 13.2. The van der Waals surface area contributed by atoms with E-state index in [2.05, 4.69) is 38.8 Å². The Morgan fingerprint density at radius 3 is 2.76 bits per heavy atom. The van der Waals surface area contributed by atoms with Crippen LogP contribution in [0.4, 0.5) is 0 Å². The first-order chi connectivity index (χ1) is 8.10. The molecule has 0 bridgehead atoms. The number of halogens is 2. The molecule has 5 heteroatoms. The quantitative estimate of drug-likeness (QED) is 0.884. The second-order valence-corrected chi connectivity index (χ2v) is 5.65. The van der Waals surface area contributed by atoms with Crippen molar-refractivity contribution in [3.05, 3.63) is 20.6 Å². The summed E-state index contributed by atoms with van der Waals surface area (Å²) in [6.45, 7) is 2.07. The van der Waals surface area contributed by atoms with Crippen molar-refractivity contribution in [3.8, 4) is 11.5 Å². The van der Waals surface area contributed by atoms with Crippen LogP contribution < -0.4 is 9.47 Å². The SMILES string of the molecule is CCCC1Oc2c(Br)cc(OC)c(Br)c2C1O. The summed E-state index contributed by atoms with van der Waals surface area (Å²) in [6, 6.07) is 1.84. The molecule has 0 aromatic heterocycles. The zero-order valence-corrected chi connectivity index (χ0v) is 12.8.